The van der Waals surface area contributed by atoms with E-state index in [4.69, 9.17) is 17.0 Å². The second-order valence-electron chi connectivity index (χ2n) is 3.74. The number of benzene rings is 1. The van der Waals surface area contributed by atoms with Crippen molar-refractivity contribution >= 4 is 12.2 Å². The van der Waals surface area contributed by atoms with E-state index in [1.807, 2.05) is 0 Å². The van der Waals surface area contributed by atoms with Gasteiger partial charge in [-0.2, -0.15) is 0 Å². The second kappa shape index (κ2) is 5.50. The highest BCUT2D eigenvalue weighted by atomic mass is 32.1. The molecule has 1 N–H and O–H groups in total. The van der Waals surface area contributed by atoms with Gasteiger partial charge in [-0.3, -0.25) is 0 Å². The fourth-order valence-electron chi connectivity index (χ4n) is 1.59. The standard InChI is InChI=1S/C12H9F3N2OS/c1-18-5-9-16-8(4-10(19)17-9)6-2-3-7(13)12(15)11(6)14/h2-4H,5H2,1H3,(H,16,17,19). The molecule has 0 saturated heterocycles. The monoisotopic (exact) mass is 286 g/mol. The van der Waals surface area contributed by atoms with Gasteiger partial charge in [0.05, 0.1) is 5.69 Å². The zero-order valence-electron chi connectivity index (χ0n) is 9.84. The van der Waals surface area contributed by atoms with Gasteiger partial charge in [0, 0.05) is 12.7 Å². The SMILES string of the molecule is COCc1nc(=S)cc(-c2ccc(F)c(F)c2F)[nH]1. The van der Waals surface area contributed by atoms with Crippen LogP contribution in [0.3, 0.4) is 0 Å². The maximum atomic E-state index is 13.7. The lowest BCUT2D eigenvalue weighted by atomic mass is 10.1. The van der Waals surface area contributed by atoms with Crippen molar-refractivity contribution in [3.05, 3.63) is 46.1 Å². The molecule has 3 nitrogen and oxygen atoms in total. The lowest BCUT2D eigenvalue weighted by Gasteiger charge is -2.07. The number of nitrogens with one attached hydrogen (secondary N) is 1. The van der Waals surface area contributed by atoms with E-state index in [9.17, 15) is 13.2 Å². The first-order chi connectivity index (χ1) is 9.02. The number of nitrogens with zero attached hydrogens (tertiary/aromatic N) is 1. The Morgan fingerprint density at radius 2 is 2.00 bits per heavy atom. The summed E-state index contributed by atoms with van der Waals surface area (Å²) in [5.41, 5.74) is 0.0909. The van der Waals surface area contributed by atoms with E-state index in [0.717, 1.165) is 12.1 Å². The first-order valence-electron chi connectivity index (χ1n) is 5.26. The minimum Gasteiger partial charge on any atom is -0.377 e. The van der Waals surface area contributed by atoms with Gasteiger partial charge in [-0.05, 0) is 18.2 Å². The molecule has 0 amide bonds. The van der Waals surface area contributed by atoms with Crippen LogP contribution in [0.1, 0.15) is 5.82 Å². The predicted octanol–water partition coefficient (Wildman–Crippen LogP) is 3.37. The van der Waals surface area contributed by atoms with Crippen molar-refractivity contribution in [3.8, 4) is 11.3 Å². The van der Waals surface area contributed by atoms with Gasteiger partial charge >= 0.3 is 0 Å². The summed E-state index contributed by atoms with van der Waals surface area (Å²) in [6.07, 6.45) is 0. The van der Waals surface area contributed by atoms with Crippen molar-refractivity contribution in [3.63, 3.8) is 0 Å². The number of aromatic nitrogens is 2. The van der Waals surface area contributed by atoms with Crippen LogP contribution in [0.25, 0.3) is 11.3 Å². The lowest BCUT2D eigenvalue weighted by Crippen LogP contribution is -2.01. The van der Waals surface area contributed by atoms with E-state index in [2.05, 4.69) is 9.97 Å². The molecule has 2 rings (SSSR count). The Morgan fingerprint density at radius 1 is 1.26 bits per heavy atom. The van der Waals surface area contributed by atoms with Crippen LogP contribution in [0.15, 0.2) is 18.2 Å². The summed E-state index contributed by atoms with van der Waals surface area (Å²) in [6, 6.07) is 3.34. The fourth-order valence-corrected chi connectivity index (χ4v) is 1.82. The molecule has 19 heavy (non-hydrogen) atoms. The summed E-state index contributed by atoms with van der Waals surface area (Å²) in [4.78, 5) is 6.72. The zero-order valence-corrected chi connectivity index (χ0v) is 10.7. The third kappa shape index (κ3) is 2.82. The third-order valence-corrected chi connectivity index (χ3v) is 2.61. The molecular formula is C12H9F3N2OS. The molecule has 0 aliphatic heterocycles. The van der Waals surface area contributed by atoms with Crippen LogP contribution in [-0.4, -0.2) is 17.1 Å². The number of halogens is 3. The van der Waals surface area contributed by atoms with Crippen LogP contribution < -0.4 is 0 Å². The molecule has 0 aliphatic carbocycles. The molecule has 0 unspecified atom stereocenters. The van der Waals surface area contributed by atoms with E-state index < -0.39 is 17.5 Å². The molecule has 0 spiro atoms. The van der Waals surface area contributed by atoms with Crippen molar-refractivity contribution in [2.45, 2.75) is 6.61 Å². The van der Waals surface area contributed by atoms with Crippen molar-refractivity contribution in [2.75, 3.05) is 7.11 Å². The van der Waals surface area contributed by atoms with Gasteiger partial charge in [0.2, 0.25) is 0 Å². The predicted molar refractivity (Wildman–Crippen MR) is 65.4 cm³/mol. The third-order valence-electron chi connectivity index (χ3n) is 2.40. The molecule has 0 radical (unpaired) electrons. The molecule has 1 aromatic heterocycles. The maximum Gasteiger partial charge on any atom is 0.195 e. The Bertz CT molecular complexity index is 673. The molecule has 100 valence electrons. The first kappa shape index (κ1) is 13.7. The topological polar surface area (TPSA) is 37.9 Å². The molecule has 0 atom stereocenters. The van der Waals surface area contributed by atoms with Gasteiger partial charge in [0.15, 0.2) is 17.5 Å². The largest absolute Gasteiger partial charge is 0.377 e. The van der Waals surface area contributed by atoms with Crippen LogP contribution in [0.5, 0.6) is 0 Å². The van der Waals surface area contributed by atoms with Crippen molar-refractivity contribution in [1.29, 1.82) is 0 Å². The molecular weight excluding hydrogens is 277 g/mol. The minimum atomic E-state index is -1.53. The number of hydrogen-bond acceptors (Lipinski definition) is 3. The normalized spacial score (nSPS) is 10.7. The van der Waals surface area contributed by atoms with Crippen LogP contribution in [0.4, 0.5) is 13.2 Å². The van der Waals surface area contributed by atoms with Crippen LogP contribution in [0, 0.1) is 22.1 Å². The first-order valence-corrected chi connectivity index (χ1v) is 5.67. The van der Waals surface area contributed by atoms with Crippen molar-refractivity contribution in [1.82, 2.24) is 9.97 Å². The molecule has 0 aliphatic rings. The van der Waals surface area contributed by atoms with Crippen molar-refractivity contribution in [2.24, 2.45) is 0 Å². The average molecular weight is 286 g/mol. The van der Waals surface area contributed by atoms with E-state index in [1.165, 1.54) is 13.2 Å². The summed E-state index contributed by atoms with van der Waals surface area (Å²) in [5, 5.41) is 0. The van der Waals surface area contributed by atoms with Crippen molar-refractivity contribution < 1.29 is 17.9 Å². The molecule has 1 heterocycles. The lowest BCUT2D eigenvalue weighted by molar-refractivity contribution is 0.177. The van der Waals surface area contributed by atoms with E-state index >= 15 is 0 Å². The summed E-state index contributed by atoms with van der Waals surface area (Å²) >= 11 is 4.93. The second-order valence-corrected chi connectivity index (χ2v) is 4.15. The summed E-state index contributed by atoms with van der Waals surface area (Å²) < 4.78 is 44.8. The number of aromatic amines is 1. The highest BCUT2D eigenvalue weighted by molar-refractivity contribution is 7.71. The van der Waals surface area contributed by atoms with Gasteiger partial charge in [-0.15, -0.1) is 0 Å². The van der Waals surface area contributed by atoms with E-state index in [0.29, 0.717) is 5.82 Å². The molecule has 1 aromatic carbocycles. The number of H-pyrrole nitrogens is 1. The summed E-state index contributed by atoms with van der Waals surface area (Å²) in [7, 11) is 1.46. The highest BCUT2D eigenvalue weighted by Crippen LogP contribution is 2.24. The molecule has 2 aromatic rings. The molecule has 7 heteroatoms. The zero-order chi connectivity index (χ0) is 14.0. The number of methoxy groups -OCH3 is 1. The minimum absolute atomic E-state index is 0.121. The van der Waals surface area contributed by atoms with E-state index in [-0.39, 0.29) is 22.5 Å². The number of hydrogen-bond donors (Lipinski definition) is 1. The summed E-state index contributed by atoms with van der Waals surface area (Å²) in [6.45, 7) is 0.142. The molecule has 0 bridgehead atoms. The number of ether oxygens (including phenoxy) is 1. The van der Waals surface area contributed by atoms with Crippen LogP contribution >= 0.6 is 12.2 Å². The Kier molecular flexibility index (Phi) is 3.96. The Hall–Kier alpha value is -1.73. The Labute approximate surface area is 112 Å². The smallest absolute Gasteiger partial charge is 0.195 e. The van der Waals surface area contributed by atoms with Gasteiger partial charge < -0.3 is 9.72 Å². The Balaban J connectivity index is 2.59. The average Bonchev–Trinajstić information content (AvgIpc) is 2.36. The van der Waals surface area contributed by atoms with Crippen LogP contribution in [-0.2, 0) is 11.3 Å². The number of rotatable bonds is 3. The quantitative estimate of drug-likeness (QED) is 0.694. The fraction of sp³-hybridized carbons (Fsp3) is 0.167. The van der Waals surface area contributed by atoms with E-state index in [1.54, 1.807) is 0 Å². The molecule has 0 saturated carbocycles. The van der Waals surface area contributed by atoms with Crippen LogP contribution in [0.2, 0.25) is 0 Å². The van der Waals surface area contributed by atoms with Gasteiger partial charge in [0.1, 0.15) is 17.1 Å². The van der Waals surface area contributed by atoms with Gasteiger partial charge in [-0.25, -0.2) is 18.2 Å². The maximum absolute atomic E-state index is 13.7. The highest BCUT2D eigenvalue weighted by Gasteiger charge is 2.15. The summed E-state index contributed by atoms with van der Waals surface area (Å²) in [5.74, 6) is -3.68. The van der Waals surface area contributed by atoms with Gasteiger partial charge in [0.25, 0.3) is 0 Å². The molecule has 0 fully saturated rings. The Morgan fingerprint density at radius 3 is 2.68 bits per heavy atom. The van der Waals surface area contributed by atoms with Gasteiger partial charge in [-0.1, -0.05) is 12.2 Å².